The first kappa shape index (κ1) is 10.9. The molecule has 0 bridgehead atoms. The summed E-state index contributed by atoms with van der Waals surface area (Å²) in [5, 5.41) is 1.59. The Bertz CT molecular complexity index is 283. The molecule has 0 saturated carbocycles. The molecule has 0 radical (unpaired) electrons. The minimum Gasteiger partial charge on any atom is -1.00 e. The van der Waals surface area contributed by atoms with Crippen LogP contribution >= 0.6 is 11.3 Å². The molecule has 0 aliphatic carbocycles. The number of hydrogen-bond acceptors (Lipinski definition) is 3. The van der Waals surface area contributed by atoms with Gasteiger partial charge in [0.15, 0.2) is 0 Å². The quantitative estimate of drug-likeness (QED) is 0.547. The van der Waals surface area contributed by atoms with E-state index >= 15 is 0 Å². The maximum absolute atomic E-state index is 10.3. The topological polar surface area (TPSA) is 54.4 Å². The molecule has 0 spiro atoms. The van der Waals surface area contributed by atoms with Crippen LogP contribution < -0.4 is 0 Å². The molecule has 0 unspecified atom stereocenters. The summed E-state index contributed by atoms with van der Waals surface area (Å²) in [5.41, 5.74) is 0. The van der Waals surface area contributed by atoms with Crippen LogP contribution in [0.25, 0.3) is 0 Å². The Kier molecular flexibility index (Phi) is 4.39. The summed E-state index contributed by atoms with van der Waals surface area (Å²) >= 11 is 0.992. The van der Waals surface area contributed by atoms with Crippen LogP contribution in [0.3, 0.4) is 0 Å². The molecule has 6 heteroatoms. The summed E-state index contributed by atoms with van der Waals surface area (Å²) in [6.45, 7) is 0. The molecule has 0 aliphatic rings. The average Bonchev–Trinajstić information content (AvgIpc) is 2.08. The molecule has 1 aromatic rings. The third-order valence-corrected chi connectivity index (χ3v) is 2.98. The largest absolute Gasteiger partial charge is 2.00 e. The first-order chi connectivity index (χ1) is 4.11. The van der Waals surface area contributed by atoms with Crippen molar-refractivity contribution in [3.8, 4) is 0 Å². The zero-order valence-corrected chi connectivity index (χ0v) is 8.86. The molecule has 0 fully saturated rings. The van der Waals surface area contributed by atoms with Crippen LogP contribution in [-0.2, 0) is 10.1 Å². The predicted octanol–water partition coefficient (Wildman–Crippen LogP) is 0.839. The van der Waals surface area contributed by atoms with Crippen molar-refractivity contribution in [2.45, 2.75) is 4.21 Å². The molecule has 10 heavy (non-hydrogen) atoms. The molecule has 0 saturated heterocycles. The molecule has 1 heterocycles. The van der Waals surface area contributed by atoms with Crippen LogP contribution in [-0.4, -0.2) is 50.7 Å². The van der Waals surface area contributed by atoms with Crippen LogP contribution in [0.4, 0.5) is 0 Å². The number of hydrogen-bond donors (Lipinski definition) is 1. The molecular weight excluding hydrogens is 200 g/mol. The van der Waals surface area contributed by atoms with Gasteiger partial charge in [0.2, 0.25) is 0 Å². The Morgan fingerprint density at radius 1 is 1.60 bits per heavy atom. The molecule has 1 N–H and O–H groups in total. The molecule has 3 nitrogen and oxygen atoms in total. The molecule has 1 rings (SSSR count). The molecule has 54 valence electrons. The molecule has 0 amide bonds. The zero-order valence-electron chi connectivity index (χ0n) is 7.02. The van der Waals surface area contributed by atoms with Gasteiger partial charge < -0.3 is 2.85 Å². The standard InChI is InChI=1S/C4H4O3S2.Ca.2H/c5-9(6,7)4-2-1-3-8-4;;;/h1-3H,(H,5,6,7);;;/q;+2;2*-1. The fourth-order valence-corrected chi connectivity index (χ4v) is 1.76. The summed E-state index contributed by atoms with van der Waals surface area (Å²) in [4.78, 5) is 0. The van der Waals surface area contributed by atoms with Gasteiger partial charge >= 0.3 is 47.9 Å². The minimum atomic E-state index is -3.94. The van der Waals surface area contributed by atoms with Crippen molar-refractivity contribution in [1.29, 1.82) is 0 Å². The minimum absolute atomic E-state index is 0. The fraction of sp³-hybridized carbons (Fsp3) is 0. The molecule has 0 aromatic carbocycles. The second-order valence-corrected chi connectivity index (χ2v) is 4.00. The number of rotatable bonds is 1. The first-order valence-electron chi connectivity index (χ1n) is 2.12. The van der Waals surface area contributed by atoms with E-state index in [4.69, 9.17) is 4.55 Å². The van der Waals surface area contributed by atoms with E-state index in [1.54, 1.807) is 11.4 Å². The second kappa shape index (κ2) is 4.04. The summed E-state index contributed by atoms with van der Waals surface area (Å²) in [7, 11) is -3.94. The van der Waals surface area contributed by atoms with Gasteiger partial charge in [-0.15, -0.1) is 11.3 Å². The van der Waals surface area contributed by atoms with Gasteiger partial charge in [0.25, 0.3) is 0 Å². The van der Waals surface area contributed by atoms with Crippen molar-refractivity contribution in [3.63, 3.8) is 0 Å². The van der Waals surface area contributed by atoms with Gasteiger partial charge in [-0.1, -0.05) is 6.07 Å². The first-order valence-corrected chi connectivity index (χ1v) is 4.43. The Morgan fingerprint density at radius 3 is 2.40 bits per heavy atom. The van der Waals surface area contributed by atoms with Gasteiger partial charge in [-0.05, 0) is 11.4 Å². The third kappa shape index (κ3) is 2.86. The predicted molar refractivity (Wildman–Crippen MR) is 42.1 cm³/mol. The van der Waals surface area contributed by atoms with E-state index < -0.39 is 10.1 Å². The van der Waals surface area contributed by atoms with Gasteiger partial charge in [-0.25, -0.2) is 0 Å². The zero-order chi connectivity index (χ0) is 6.91. The van der Waals surface area contributed by atoms with Crippen LogP contribution in [0.15, 0.2) is 21.7 Å². The maximum Gasteiger partial charge on any atom is 2.00 e. The number of thiophene rings is 1. The Balaban J connectivity index is -0.000000270. The van der Waals surface area contributed by atoms with E-state index in [1.807, 2.05) is 0 Å². The fourth-order valence-electron chi connectivity index (χ4n) is 0.410. The van der Waals surface area contributed by atoms with Crippen molar-refractivity contribution >= 4 is 59.2 Å². The van der Waals surface area contributed by atoms with E-state index in [0.29, 0.717) is 0 Å². The van der Waals surface area contributed by atoms with Gasteiger partial charge in [0, 0.05) is 0 Å². The average molecular weight is 206 g/mol. The Morgan fingerprint density at radius 2 is 2.20 bits per heavy atom. The summed E-state index contributed by atoms with van der Waals surface area (Å²) in [6, 6.07) is 2.91. The van der Waals surface area contributed by atoms with Gasteiger partial charge in [0.05, 0.1) is 0 Å². The Labute approximate surface area is 95.8 Å². The third-order valence-electron chi connectivity index (χ3n) is 0.749. The van der Waals surface area contributed by atoms with E-state index in [0.717, 1.165) is 11.3 Å². The van der Waals surface area contributed by atoms with E-state index in [-0.39, 0.29) is 44.8 Å². The van der Waals surface area contributed by atoms with Gasteiger partial charge in [-0.3, -0.25) is 4.55 Å². The van der Waals surface area contributed by atoms with Crippen molar-refractivity contribution < 1.29 is 15.8 Å². The van der Waals surface area contributed by atoms with Crippen molar-refractivity contribution in [2.75, 3.05) is 0 Å². The smallest absolute Gasteiger partial charge is 1.00 e. The normalized spacial score (nSPS) is 10.5. The Hall–Kier alpha value is 0.870. The molecule has 1 aromatic heterocycles. The molecule has 0 atom stereocenters. The van der Waals surface area contributed by atoms with Crippen molar-refractivity contribution in [3.05, 3.63) is 17.5 Å². The maximum atomic E-state index is 10.3. The van der Waals surface area contributed by atoms with E-state index in [1.165, 1.54) is 6.07 Å². The van der Waals surface area contributed by atoms with Crippen molar-refractivity contribution in [2.24, 2.45) is 0 Å². The second-order valence-electron chi connectivity index (χ2n) is 1.41. The summed E-state index contributed by atoms with van der Waals surface area (Å²) in [6.07, 6.45) is 0. The monoisotopic (exact) mass is 206 g/mol. The van der Waals surface area contributed by atoms with Crippen LogP contribution in [0.5, 0.6) is 0 Å². The van der Waals surface area contributed by atoms with Crippen LogP contribution in [0, 0.1) is 0 Å². The summed E-state index contributed by atoms with van der Waals surface area (Å²) < 4.78 is 28.9. The van der Waals surface area contributed by atoms with Crippen LogP contribution in [0.2, 0.25) is 0 Å². The SMILES string of the molecule is O=S(=O)(O)c1cccs1.[Ca+2].[H-].[H-]. The molecular formula is C4H6CaO3S2. The van der Waals surface area contributed by atoms with Gasteiger partial charge in [0.1, 0.15) is 4.21 Å². The van der Waals surface area contributed by atoms with E-state index in [9.17, 15) is 8.42 Å². The van der Waals surface area contributed by atoms with Crippen LogP contribution in [0.1, 0.15) is 2.85 Å². The summed E-state index contributed by atoms with van der Waals surface area (Å²) in [5.74, 6) is 0. The van der Waals surface area contributed by atoms with Gasteiger partial charge in [-0.2, -0.15) is 8.42 Å². The van der Waals surface area contributed by atoms with Crippen molar-refractivity contribution in [1.82, 2.24) is 0 Å². The molecule has 0 aliphatic heterocycles. The van der Waals surface area contributed by atoms with E-state index in [2.05, 4.69) is 0 Å².